The number of hydrogen-bond donors (Lipinski definition) is 3. The molecule has 0 radical (unpaired) electrons. The molecule has 2 rings (SSSR count). The molecule has 2 heterocycles. The summed E-state index contributed by atoms with van der Waals surface area (Å²) in [5, 5.41) is 16.0. The van der Waals surface area contributed by atoms with Gasteiger partial charge in [-0.05, 0) is 19.4 Å². The van der Waals surface area contributed by atoms with Crippen molar-refractivity contribution in [2.24, 2.45) is 0 Å². The van der Waals surface area contributed by atoms with Crippen molar-refractivity contribution < 1.29 is 9.84 Å². The van der Waals surface area contributed by atoms with Gasteiger partial charge in [0.25, 0.3) is 0 Å². The van der Waals surface area contributed by atoms with Crippen LogP contribution in [-0.2, 0) is 4.74 Å². The number of rotatable bonds is 8. The molecule has 6 nitrogen and oxygen atoms in total. The Bertz CT molecular complexity index is 559. The molecule has 2 aromatic rings. The summed E-state index contributed by atoms with van der Waals surface area (Å²) < 4.78 is 5.22. The van der Waals surface area contributed by atoms with E-state index in [0.717, 1.165) is 29.0 Å². The number of nitrogens with one attached hydrogen (secondary N) is 2. The smallest absolute Gasteiger partial charge is 0.225 e. The van der Waals surface area contributed by atoms with Crippen LogP contribution in [0.3, 0.4) is 0 Å². The van der Waals surface area contributed by atoms with E-state index in [2.05, 4.69) is 33.6 Å². The van der Waals surface area contributed by atoms with Crippen molar-refractivity contribution >= 4 is 33.3 Å². The van der Waals surface area contributed by atoms with Crippen LogP contribution in [0.25, 0.3) is 10.2 Å². The van der Waals surface area contributed by atoms with E-state index in [1.54, 1.807) is 11.3 Å². The minimum atomic E-state index is 0.0691. The number of aliphatic hydroxyl groups is 1. The van der Waals surface area contributed by atoms with Crippen LogP contribution >= 0.6 is 11.3 Å². The highest BCUT2D eigenvalue weighted by atomic mass is 32.1. The van der Waals surface area contributed by atoms with E-state index in [4.69, 9.17) is 9.84 Å². The van der Waals surface area contributed by atoms with E-state index in [1.807, 2.05) is 7.05 Å². The molecule has 0 amide bonds. The fourth-order valence-corrected chi connectivity index (χ4v) is 2.72. The van der Waals surface area contributed by atoms with Gasteiger partial charge in [0.2, 0.25) is 5.95 Å². The number of fused-ring (bicyclic) bond motifs is 1. The number of aromatic nitrogens is 2. The molecular weight excluding hydrogens is 276 g/mol. The number of nitrogens with zero attached hydrogens (tertiary/aromatic N) is 2. The zero-order chi connectivity index (χ0) is 14.4. The summed E-state index contributed by atoms with van der Waals surface area (Å²) >= 11 is 1.66. The van der Waals surface area contributed by atoms with Crippen molar-refractivity contribution in [3.63, 3.8) is 0 Å². The normalized spacial score (nSPS) is 10.9. The van der Waals surface area contributed by atoms with E-state index in [1.165, 1.54) is 4.88 Å². The lowest BCUT2D eigenvalue weighted by atomic mass is 10.3. The maximum absolute atomic E-state index is 8.62. The van der Waals surface area contributed by atoms with Gasteiger partial charge in [-0.15, -0.1) is 11.3 Å². The first kappa shape index (κ1) is 15.0. The van der Waals surface area contributed by atoms with Crippen molar-refractivity contribution in [3.8, 4) is 0 Å². The SMILES string of the molecule is CNc1nc(NCCCOCCO)c2cc(C)sc2n1. The van der Waals surface area contributed by atoms with Gasteiger partial charge in [-0.25, -0.2) is 4.98 Å². The first-order chi connectivity index (χ1) is 9.74. The molecule has 0 spiro atoms. The average molecular weight is 296 g/mol. The van der Waals surface area contributed by atoms with Crippen molar-refractivity contribution in [3.05, 3.63) is 10.9 Å². The van der Waals surface area contributed by atoms with Crippen molar-refractivity contribution in [2.45, 2.75) is 13.3 Å². The largest absolute Gasteiger partial charge is 0.394 e. The summed E-state index contributed by atoms with van der Waals surface area (Å²) in [5.41, 5.74) is 0. The topological polar surface area (TPSA) is 79.3 Å². The molecule has 0 aliphatic rings. The summed E-state index contributed by atoms with van der Waals surface area (Å²) in [6.45, 7) is 3.93. The number of ether oxygens (including phenoxy) is 1. The average Bonchev–Trinajstić information content (AvgIpc) is 2.82. The van der Waals surface area contributed by atoms with E-state index < -0.39 is 0 Å². The molecule has 0 saturated heterocycles. The highest BCUT2D eigenvalue weighted by Crippen LogP contribution is 2.29. The third-order valence-corrected chi connectivity index (χ3v) is 3.68. The number of hydrogen-bond acceptors (Lipinski definition) is 7. The van der Waals surface area contributed by atoms with Crippen LogP contribution in [0, 0.1) is 6.92 Å². The minimum absolute atomic E-state index is 0.0691. The molecule has 2 aromatic heterocycles. The number of thiophene rings is 1. The maximum Gasteiger partial charge on any atom is 0.225 e. The molecule has 7 heteroatoms. The Morgan fingerprint density at radius 3 is 2.95 bits per heavy atom. The molecule has 0 saturated carbocycles. The molecule has 0 aliphatic carbocycles. The Morgan fingerprint density at radius 1 is 1.35 bits per heavy atom. The third-order valence-electron chi connectivity index (χ3n) is 2.73. The lowest BCUT2D eigenvalue weighted by Crippen LogP contribution is -2.09. The van der Waals surface area contributed by atoms with Crippen LogP contribution in [0.5, 0.6) is 0 Å². The van der Waals surface area contributed by atoms with Gasteiger partial charge >= 0.3 is 0 Å². The molecule has 0 aromatic carbocycles. The second-order valence-corrected chi connectivity index (χ2v) is 5.57. The van der Waals surface area contributed by atoms with E-state index in [-0.39, 0.29) is 6.61 Å². The van der Waals surface area contributed by atoms with Crippen molar-refractivity contribution in [1.29, 1.82) is 0 Å². The Hall–Kier alpha value is -1.44. The van der Waals surface area contributed by atoms with E-state index in [0.29, 0.717) is 19.2 Å². The van der Waals surface area contributed by atoms with Crippen molar-refractivity contribution in [1.82, 2.24) is 9.97 Å². The zero-order valence-electron chi connectivity index (χ0n) is 11.8. The zero-order valence-corrected chi connectivity index (χ0v) is 12.6. The Balaban J connectivity index is 2.00. The van der Waals surface area contributed by atoms with Gasteiger partial charge in [-0.3, -0.25) is 0 Å². The molecule has 110 valence electrons. The Kier molecular flexibility index (Phi) is 5.51. The van der Waals surface area contributed by atoms with Crippen LogP contribution in [0.1, 0.15) is 11.3 Å². The van der Waals surface area contributed by atoms with E-state index >= 15 is 0 Å². The summed E-state index contributed by atoms with van der Waals surface area (Å²) in [6.07, 6.45) is 0.865. The maximum atomic E-state index is 8.62. The molecule has 3 N–H and O–H groups in total. The molecular formula is C13H20N4O2S. The van der Waals surface area contributed by atoms with Gasteiger partial charge in [-0.2, -0.15) is 4.98 Å². The molecule has 0 fully saturated rings. The Morgan fingerprint density at radius 2 is 2.20 bits per heavy atom. The fourth-order valence-electron chi connectivity index (χ4n) is 1.84. The van der Waals surface area contributed by atoms with Crippen LogP contribution < -0.4 is 10.6 Å². The summed E-state index contributed by atoms with van der Waals surface area (Å²) in [4.78, 5) is 11.1. The fraction of sp³-hybridized carbons (Fsp3) is 0.538. The second-order valence-electron chi connectivity index (χ2n) is 4.34. The highest BCUT2D eigenvalue weighted by molar-refractivity contribution is 7.18. The number of aliphatic hydroxyl groups excluding tert-OH is 1. The third kappa shape index (κ3) is 3.78. The Labute approximate surface area is 122 Å². The summed E-state index contributed by atoms with van der Waals surface area (Å²) in [5.74, 6) is 1.48. The molecule has 20 heavy (non-hydrogen) atoms. The molecule has 0 bridgehead atoms. The van der Waals surface area contributed by atoms with Gasteiger partial charge in [0, 0.05) is 25.1 Å². The molecule has 0 aliphatic heterocycles. The van der Waals surface area contributed by atoms with Gasteiger partial charge in [0.1, 0.15) is 10.6 Å². The number of aryl methyl sites for hydroxylation is 1. The first-order valence-electron chi connectivity index (χ1n) is 6.63. The lowest BCUT2D eigenvalue weighted by molar-refractivity contribution is 0.0922. The second kappa shape index (κ2) is 7.37. The van der Waals surface area contributed by atoms with Gasteiger partial charge < -0.3 is 20.5 Å². The minimum Gasteiger partial charge on any atom is -0.394 e. The predicted molar refractivity (Wildman–Crippen MR) is 82.7 cm³/mol. The standard InChI is InChI=1S/C13H20N4O2S/c1-9-8-10-11(15-4-3-6-19-7-5-18)16-13(14-2)17-12(10)20-9/h8,18H,3-7H2,1-2H3,(H2,14,15,16,17). The van der Waals surface area contributed by atoms with Crippen LogP contribution in [0.4, 0.5) is 11.8 Å². The first-order valence-corrected chi connectivity index (χ1v) is 7.44. The van der Waals surface area contributed by atoms with Crippen LogP contribution in [0.15, 0.2) is 6.07 Å². The molecule has 0 atom stereocenters. The summed E-state index contributed by atoms with van der Waals surface area (Å²) in [7, 11) is 1.81. The summed E-state index contributed by atoms with van der Waals surface area (Å²) in [6, 6.07) is 2.10. The van der Waals surface area contributed by atoms with Crippen LogP contribution in [0.2, 0.25) is 0 Å². The lowest BCUT2D eigenvalue weighted by Gasteiger charge is -2.08. The van der Waals surface area contributed by atoms with Gasteiger partial charge in [0.15, 0.2) is 0 Å². The number of anilines is 2. The van der Waals surface area contributed by atoms with Crippen LogP contribution in [-0.4, -0.2) is 48.5 Å². The molecule has 0 unspecified atom stereocenters. The quantitative estimate of drug-likeness (QED) is 0.645. The monoisotopic (exact) mass is 296 g/mol. The van der Waals surface area contributed by atoms with Gasteiger partial charge in [-0.1, -0.05) is 0 Å². The van der Waals surface area contributed by atoms with E-state index in [9.17, 15) is 0 Å². The predicted octanol–water partition coefficient (Wildman–Crippen LogP) is 1.85. The van der Waals surface area contributed by atoms with Gasteiger partial charge in [0.05, 0.1) is 18.6 Å². The van der Waals surface area contributed by atoms with Crippen molar-refractivity contribution in [2.75, 3.05) is 44.0 Å². The highest BCUT2D eigenvalue weighted by Gasteiger charge is 2.09.